The van der Waals surface area contributed by atoms with Crippen molar-refractivity contribution in [2.24, 2.45) is 0 Å². The monoisotopic (exact) mass is 376 g/mol. The van der Waals surface area contributed by atoms with Crippen molar-refractivity contribution < 1.29 is 19.4 Å². The fourth-order valence-electron chi connectivity index (χ4n) is 3.20. The average Bonchev–Trinajstić information content (AvgIpc) is 2.67. The van der Waals surface area contributed by atoms with Crippen LogP contribution < -0.4 is 5.43 Å². The van der Waals surface area contributed by atoms with E-state index in [1.165, 1.54) is 24.3 Å². The van der Waals surface area contributed by atoms with Gasteiger partial charge in [0.2, 0.25) is 0 Å². The van der Waals surface area contributed by atoms with Crippen molar-refractivity contribution in [1.82, 2.24) is 0 Å². The van der Waals surface area contributed by atoms with Gasteiger partial charge in [0.25, 0.3) is 0 Å². The van der Waals surface area contributed by atoms with Gasteiger partial charge in [0, 0.05) is 28.6 Å². The third-order valence-corrected chi connectivity index (χ3v) is 4.35. The van der Waals surface area contributed by atoms with Crippen molar-refractivity contribution in [2.75, 3.05) is 0 Å². The largest absolute Gasteiger partial charge is 0.508 e. The van der Waals surface area contributed by atoms with Gasteiger partial charge in [0.1, 0.15) is 17.1 Å². The Morgan fingerprint density at radius 2 is 1.64 bits per heavy atom. The number of phenolic OH excluding ortho intramolecular Hbond substituents is 1. The first-order valence-corrected chi connectivity index (χ1v) is 8.98. The van der Waals surface area contributed by atoms with Gasteiger partial charge in [0.15, 0.2) is 5.43 Å². The molecular formula is C23H20O5. The normalized spacial score (nSPS) is 10.5. The van der Waals surface area contributed by atoms with Gasteiger partial charge in [-0.2, -0.15) is 0 Å². The van der Waals surface area contributed by atoms with Crippen LogP contribution in [0.4, 0.5) is 0 Å². The maximum Gasteiger partial charge on any atom is 0.336 e. The van der Waals surface area contributed by atoms with E-state index in [1.54, 1.807) is 24.3 Å². The lowest BCUT2D eigenvalue weighted by Gasteiger charge is -2.17. The number of hydrogen-bond donors (Lipinski definition) is 2. The van der Waals surface area contributed by atoms with E-state index in [9.17, 15) is 19.8 Å². The van der Waals surface area contributed by atoms with E-state index in [-0.39, 0.29) is 16.7 Å². The first-order valence-electron chi connectivity index (χ1n) is 8.98. The van der Waals surface area contributed by atoms with Crippen molar-refractivity contribution >= 4 is 16.9 Å². The van der Waals surface area contributed by atoms with E-state index < -0.39 is 5.97 Å². The number of aromatic carboxylic acids is 1. The lowest BCUT2D eigenvalue weighted by molar-refractivity contribution is 0.0697. The number of aryl methyl sites for hydroxylation is 1. The molecule has 142 valence electrons. The zero-order chi connectivity index (χ0) is 20.4. The van der Waals surface area contributed by atoms with Crippen LogP contribution in [-0.2, 0) is 0 Å². The summed E-state index contributed by atoms with van der Waals surface area (Å²) >= 11 is 0. The Labute approximate surface area is 161 Å². The van der Waals surface area contributed by atoms with E-state index in [2.05, 4.69) is 0 Å². The zero-order valence-corrected chi connectivity index (χ0v) is 15.8. The number of benzene rings is 3. The molecule has 2 aromatic carbocycles. The quantitative estimate of drug-likeness (QED) is 0.463. The molecule has 0 atom stereocenters. The van der Waals surface area contributed by atoms with Crippen LogP contribution in [0.1, 0.15) is 29.8 Å². The van der Waals surface area contributed by atoms with Crippen molar-refractivity contribution in [2.45, 2.75) is 20.8 Å². The number of phenols is 1. The molecule has 0 fully saturated rings. The highest BCUT2D eigenvalue weighted by atomic mass is 16.4. The van der Waals surface area contributed by atoms with Crippen LogP contribution in [-0.4, -0.2) is 16.2 Å². The number of aromatic hydroxyl groups is 1. The smallest absolute Gasteiger partial charge is 0.336 e. The summed E-state index contributed by atoms with van der Waals surface area (Å²) in [6.07, 6.45) is 0. The molecule has 5 heteroatoms. The summed E-state index contributed by atoms with van der Waals surface area (Å²) in [5, 5.41) is 20.1. The standard InChI is InChI=1S/C21H14O5.C2H6/c1-11-2-5-14(17(8-11)21(24)25)20-15-6-3-12(22)9-18(15)26-19-10-13(23)4-7-16(19)20;1-2/h2-10,22H,1H3,(H,24,25);1-2H3. The topological polar surface area (TPSA) is 87.7 Å². The Balaban J connectivity index is 0.00000109. The van der Waals surface area contributed by atoms with Crippen LogP contribution in [0.3, 0.4) is 0 Å². The van der Waals surface area contributed by atoms with E-state index in [1.807, 2.05) is 26.8 Å². The molecule has 0 bridgehead atoms. The van der Waals surface area contributed by atoms with Crippen molar-refractivity contribution in [3.05, 3.63) is 75.9 Å². The van der Waals surface area contributed by atoms with Gasteiger partial charge >= 0.3 is 5.97 Å². The van der Waals surface area contributed by atoms with Crippen LogP contribution in [0.5, 0.6) is 5.75 Å². The molecule has 0 amide bonds. The van der Waals surface area contributed by atoms with Gasteiger partial charge in [-0.1, -0.05) is 31.5 Å². The predicted molar refractivity (Wildman–Crippen MR) is 109 cm³/mol. The van der Waals surface area contributed by atoms with Gasteiger partial charge in [-0.15, -0.1) is 0 Å². The highest BCUT2D eigenvalue weighted by Gasteiger charge is 2.21. The summed E-state index contributed by atoms with van der Waals surface area (Å²) in [6, 6.07) is 14.3. The highest BCUT2D eigenvalue weighted by molar-refractivity contribution is 6.07. The zero-order valence-electron chi connectivity index (χ0n) is 15.8. The van der Waals surface area contributed by atoms with Crippen LogP contribution in [0, 0.1) is 6.92 Å². The fraction of sp³-hybridized carbons (Fsp3) is 0.130. The minimum absolute atomic E-state index is 0.0205. The molecule has 5 nitrogen and oxygen atoms in total. The second kappa shape index (κ2) is 7.56. The molecule has 1 aliphatic carbocycles. The van der Waals surface area contributed by atoms with Gasteiger partial charge in [-0.05, 0) is 42.8 Å². The molecule has 1 aliphatic heterocycles. The maximum absolute atomic E-state index is 11.8. The first-order chi connectivity index (χ1) is 13.4. The molecule has 4 rings (SSSR count). The maximum atomic E-state index is 11.8. The Morgan fingerprint density at radius 1 is 0.929 bits per heavy atom. The number of hydrogen-bond acceptors (Lipinski definition) is 4. The third-order valence-electron chi connectivity index (χ3n) is 4.35. The summed E-state index contributed by atoms with van der Waals surface area (Å²) in [5.74, 6) is -0.681. The fourth-order valence-corrected chi connectivity index (χ4v) is 3.20. The summed E-state index contributed by atoms with van der Waals surface area (Å²) in [4.78, 5) is 23.6. The third kappa shape index (κ3) is 3.34. The molecule has 0 radical (unpaired) electrons. The number of fused-ring (bicyclic) bond motifs is 2. The van der Waals surface area contributed by atoms with Crippen molar-refractivity contribution in [1.29, 1.82) is 0 Å². The molecule has 0 saturated carbocycles. The van der Waals surface area contributed by atoms with Crippen molar-refractivity contribution in [3.63, 3.8) is 0 Å². The SMILES string of the molecule is CC.Cc1ccc(-c2c3ccc(=O)cc-3oc3cc(O)ccc23)c(C(=O)O)c1. The van der Waals surface area contributed by atoms with Crippen LogP contribution in [0.25, 0.3) is 33.4 Å². The minimum atomic E-state index is -1.04. The number of carboxylic acid groups (broad SMARTS) is 1. The molecule has 2 aromatic rings. The summed E-state index contributed by atoms with van der Waals surface area (Å²) in [7, 11) is 0. The van der Waals surface area contributed by atoms with Gasteiger partial charge in [-0.25, -0.2) is 4.79 Å². The molecule has 0 saturated heterocycles. The number of carboxylic acids is 1. The molecule has 0 aromatic heterocycles. The molecule has 28 heavy (non-hydrogen) atoms. The Kier molecular flexibility index (Phi) is 5.18. The van der Waals surface area contributed by atoms with E-state index in [0.717, 1.165) is 5.56 Å². The van der Waals surface area contributed by atoms with Crippen molar-refractivity contribution in [3.8, 4) is 28.2 Å². The van der Waals surface area contributed by atoms with Gasteiger partial charge < -0.3 is 14.6 Å². The van der Waals surface area contributed by atoms with E-state index >= 15 is 0 Å². The Bertz CT molecular complexity index is 1200. The van der Waals surface area contributed by atoms with Crippen LogP contribution >= 0.6 is 0 Å². The molecule has 1 heterocycles. The van der Waals surface area contributed by atoms with Gasteiger partial charge in [0.05, 0.1) is 5.56 Å². The Hall–Kier alpha value is -3.60. The van der Waals surface area contributed by atoms with Gasteiger partial charge in [-0.3, -0.25) is 4.79 Å². The molecule has 0 unspecified atom stereocenters. The van der Waals surface area contributed by atoms with E-state index in [4.69, 9.17) is 4.42 Å². The second-order valence-corrected chi connectivity index (χ2v) is 6.17. The van der Waals surface area contributed by atoms with Crippen LogP contribution in [0.2, 0.25) is 0 Å². The molecule has 0 spiro atoms. The predicted octanol–water partition coefficient (Wildman–Crippen LogP) is 5.30. The summed E-state index contributed by atoms with van der Waals surface area (Å²) in [5.41, 5.74) is 2.97. The Morgan fingerprint density at radius 3 is 2.36 bits per heavy atom. The molecule has 2 aliphatic rings. The molecule has 2 N–H and O–H groups in total. The van der Waals surface area contributed by atoms with E-state index in [0.29, 0.717) is 33.4 Å². The summed E-state index contributed by atoms with van der Waals surface area (Å²) < 4.78 is 5.79. The van der Waals surface area contributed by atoms with Crippen LogP contribution in [0.15, 0.2) is 63.8 Å². The average molecular weight is 376 g/mol. The molecular weight excluding hydrogens is 356 g/mol. The minimum Gasteiger partial charge on any atom is -0.508 e. The second-order valence-electron chi connectivity index (χ2n) is 6.17. The highest BCUT2D eigenvalue weighted by Crippen LogP contribution is 2.41. The number of carbonyl (C=O) groups is 1. The number of rotatable bonds is 2. The summed E-state index contributed by atoms with van der Waals surface area (Å²) in [6.45, 7) is 5.83. The lowest BCUT2D eigenvalue weighted by Crippen LogP contribution is -2.03. The lowest BCUT2D eigenvalue weighted by atomic mass is 9.90. The first kappa shape index (κ1) is 19.2.